The second kappa shape index (κ2) is 13.1. The number of amides is 1. The first kappa shape index (κ1) is 31.0. The van der Waals surface area contributed by atoms with E-state index in [4.69, 9.17) is 10.5 Å². The molecule has 1 atom stereocenters. The highest BCUT2D eigenvalue weighted by molar-refractivity contribution is 5.85. The number of nitrogens with two attached hydrogens (primary N) is 1. The third-order valence-corrected chi connectivity index (χ3v) is 8.72. The normalized spacial score (nSPS) is 22.8. The van der Waals surface area contributed by atoms with Gasteiger partial charge in [0.15, 0.2) is 11.6 Å². The Morgan fingerprint density at radius 1 is 1.02 bits per heavy atom. The molecule has 12 nitrogen and oxygen atoms in total. The monoisotopic (exact) mass is 632 g/mol. The molecule has 6 rings (SSSR count). The van der Waals surface area contributed by atoms with E-state index >= 15 is 0 Å². The van der Waals surface area contributed by atoms with Crippen molar-refractivity contribution in [1.29, 1.82) is 0 Å². The number of ether oxygens (including phenoxy) is 1. The van der Waals surface area contributed by atoms with Crippen LogP contribution in [0.3, 0.4) is 0 Å². The van der Waals surface area contributed by atoms with Crippen LogP contribution in [-0.4, -0.2) is 93.2 Å². The second-order valence-electron chi connectivity index (χ2n) is 11.6. The Bertz CT molecular complexity index is 1470. The lowest BCUT2D eigenvalue weighted by Gasteiger charge is -2.38. The number of nitrogens with one attached hydrogen (secondary N) is 2. The number of nitrogen functional groups attached to an aromatic ring is 1. The van der Waals surface area contributed by atoms with E-state index in [-0.39, 0.29) is 36.6 Å². The molecule has 0 bridgehead atoms. The molecular weight excluding hydrogens is 596 g/mol. The summed E-state index contributed by atoms with van der Waals surface area (Å²) in [6.07, 6.45) is 1.72. The van der Waals surface area contributed by atoms with Crippen LogP contribution in [0.15, 0.2) is 30.5 Å². The molecule has 1 aromatic carbocycles. The zero-order valence-corrected chi connectivity index (χ0v) is 24.6. The number of benzene rings is 1. The maximum atomic E-state index is 14.8. The van der Waals surface area contributed by atoms with Crippen molar-refractivity contribution in [3.63, 3.8) is 0 Å². The smallest absolute Gasteiger partial charge is 0.379 e. The zero-order chi connectivity index (χ0) is 31.6. The van der Waals surface area contributed by atoms with Crippen LogP contribution in [-0.2, 0) is 9.53 Å². The molecule has 4 N–H and O–H groups in total. The van der Waals surface area contributed by atoms with E-state index in [1.165, 1.54) is 23.3 Å². The number of aromatic nitrogens is 5. The number of hydrogen-bond donors (Lipinski definition) is 3. The molecule has 3 aliphatic rings. The summed E-state index contributed by atoms with van der Waals surface area (Å²) in [5.41, 5.74) is 8.14. The first-order valence-corrected chi connectivity index (χ1v) is 15.2. The highest BCUT2D eigenvalue weighted by atomic mass is 19.4. The lowest BCUT2D eigenvalue weighted by molar-refractivity contribution is -0.139. The summed E-state index contributed by atoms with van der Waals surface area (Å²) < 4.78 is 59.3. The average molecular weight is 633 g/mol. The predicted molar refractivity (Wildman–Crippen MR) is 158 cm³/mol. The molecule has 2 aliphatic heterocycles. The fourth-order valence-electron chi connectivity index (χ4n) is 6.46. The molecule has 1 saturated carbocycles. The van der Waals surface area contributed by atoms with E-state index < -0.39 is 30.5 Å². The van der Waals surface area contributed by atoms with Crippen molar-refractivity contribution in [2.45, 2.75) is 62.7 Å². The van der Waals surface area contributed by atoms with E-state index in [2.05, 4.69) is 42.4 Å². The molecule has 3 aromatic rings. The summed E-state index contributed by atoms with van der Waals surface area (Å²) in [5, 5.41) is 9.32. The van der Waals surface area contributed by atoms with Crippen molar-refractivity contribution in [3.8, 4) is 5.95 Å². The molecule has 2 saturated heterocycles. The molecule has 1 aliphatic carbocycles. The molecule has 242 valence electrons. The highest BCUT2D eigenvalue weighted by Gasteiger charge is 2.36. The van der Waals surface area contributed by atoms with Crippen LogP contribution in [0, 0.1) is 5.82 Å². The molecule has 1 amide bonds. The summed E-state index contributed by atoms with van der Waals surface area (Å²) in [4.78, 5) is 28.8. The lowest BCUT2D eigenvalue weighted by Crippen LogP contribution is -2.46. The summed E-state index contributed by atoms with van der Waals surface area (Å²) in [6.45, 7) is 2.43. The SMILES string of the molecule is Nc1nc(Nc2ccc([C@H]3CC[C@H](N4CCOCC4)CC3)cc2)nn1-c1ncc(F)c(N2CCC[C@@H]2C(=O)NCC(F)(F)F)n1. The Morgan fingerprint density at radius 2 is 1.76 bits per heavy atom. The Labute approximate surface area is 257 Å². The van der Waals surface area contributed by atoms with E-state index in [1.54, 1.807) is 0 Å². The van der Waals surface area contributed by atoms with Gasteiger partial charge in [-0.1, -0.05) is 12.1 Å². The molecule has 0 unspecified atom stereocenters. The van der Waals surface area contributed by atoms with Gasteiger partial charge in [-0.2, -0.15) is 27.8 Å². The van der Waals surface area contributed by atoms with Crippen molar-refractivity contribution < 1.29 is 27.1 Å². The van der Waals surface area contributed by atoms with Crippen molar-refractivity contribution in [2.75, 3.05) is 55.3 Å². The van der Waals surface area contributed by atoms with Gasteiger partial charge in [-0.25, -0.2) is 9.37 Å². The number of nitrogens with zero attached hydrogens (tertiary/aromatic N) is 7. The van der Waals surface area contributed by atoms with Gasteiger partial charge in [0.05, 0.1) is 19.4 Å². The molecule has 0 spiro atoms. The number of alkyl halides is 3. The topological polar surface area (TPSA) is 139 Å². The van der Waals surface area contributed by atoms with Gasteiger partial charge in [-0.15, -0.1) is 5.10 Å². The van der Waals surface area contributed by atoms with Crippen LogP contribution in [0.4, 0.5) is 41.0 Å². The fourth-order valence-corrected chi connectivity index (χ4v) is 6.46. The van der Waals surface area contributed by atoms with Gasteiger partial charge in [0.1, 0.15) is 12.6 Å². The van der Waals surface area contributed by atoms with Crippen LogP contribution >= 0.6 is 0 Å². The molecule has 4 heterocycles. The van der Waals surface area contributed by atoms with Gasteiger partial charge in [0.2, 0.25) is 17.8 Å². The Kier molecular flexibility index (Phi) is 9.03. The van der Waals surface area contributed by atoms with Crippen LogP contribution in [0.25, 0.3) is 5.95 Å². The number of hydrogen-bond acceptors (Lipinski definition) is 10. The van der Waals surface area contributed by atoms with Gasteiger partial charge in [0, 0.05) is 31.4 Å². The van der Waals surface area contributed by atoms with Crippen molar-refractivity contribution in [2.24, 2.45) is 0 Å². The molecular formula is C29H36F4N10O2. The largest absolute Gasteiger partial charge is 0.405 e. The lowest BCUT2D eigenvalue weighted by atomic mass is 9.81. The summed E-state index contributed by atoms with van der Waals surface area (Å²) in [7, 11) is 0. The number of carbonyl (C=O) groups excluding carboxylic acids is 1. The molecule has 2 aromatic heterocycles. The molecule has 16 heteroatoms. The minimum atomic E-state index is -4.56. The number of morpholine rings is 1. The minimum absolute atomic E-state index is 0.0652. The number of carbonyl (C=O) groups is 1. The van der Waals surface area contributed by atoms with Gasteiger partial charge in [-0.3, -0.25) is 9.69 Å². The molecule has 45 heavy (non-hydrogen) atoms. The Balaban J connectivity index is 1.10. The van der Waals surface area contributed by atoms with Gasteiger partial charge < -0.3 is 26.0 Å². The van der Waals surface area contributed by atoms with Crippen molar-refractivity contribution in [1.82, 2.24) is 34.9 Å². The van der Waals surface area contributed by atoms with Crippen molar-refractivity contribution >= 4 is 29.3 Å². The van der Waals surface area contributed by atoms with Crippen LogP contribution in [0.5, 0.6) is 0 Å². The maximum absolute atomic E-state index is 14.8. The first-order chi connectivity index (χ1) is 21.6. The standard InChI is InChI=1S/C29H36F4N10O2/c30-22-16-35-28(38-24(22)42-11-1-2-23(42)25(44)36-17-29(31,32)33)43-26(34)39-27(40-43)37-20-7-3-18(4-8-20)19-5-9-21(10-6-19)41-12-14-45-15-13-41/h3-4,7-8,16,19,21,23H,1-2,5-6,9-15,17H2,(H,36,44)(H3,34,37,39,40)/t19-,21-,23-/m1/s1. The van der Waals surface area contributed by atoms with Crippen LogP contribution < -0.4 is 21.3 Å². The maximum Gasteiger partial charge on any atom is 0.405 e. The van der Waals surface area contributed by atoms with E-state index in [1.807, 2.05) is 17.4 Å². The number of rotatable bonds is 8. The van der Waals surface area contributed by atoms with Crippen LogP contribution in [0.2, 0.25) is 0 Å². The van der Waals surface area contributed by atoms with E-state index in [9.17, 15) is 22.4 Å². The Morgan fingerprint density at radius 3 is 2.47 bits per heavy atom. The third-order valence-electron chi connectivity index (χ3n) is 8.72. The third kappa shape index (κ3) is 7.27. The molecule has 3 fully saturated rings. The fraction of sp³-hybridized carbons (Fsp3) is 0.552. The van der Waals surface area contributed by atoms with Crippen LogP contribution in [0.1, 0.15) is 50.0 Å². The summed E-state index contributed by atoms with van der Waals surface area (Å²) >= 11 is 0. The number of anilines is 4. The Hall–Kier alpha value is -4.05. The quantitative estimate of drug-likeness (QED) is 0.316. The zero-order valence-electron chi connectivity index (χ0n) is 24.6. The van der Waals surface area contributed by atoms with E-state index in [0.29, 0.717) is 18.4 Å². The van der Waals surface area contributed by atoms with Gasteiger partial charge >= 0.3 is 6.18 Å². The average Bonchev–Trinajstić information content (AvgIpc) is 3.67. The predicted octanol–water partition coefficient (Wildman–Crippen LogP) is 3.53. The minimum Gasteiger partial charge on any atom is -0.379 e. The summed E-state index contributed by atoms with van der Waals surface area (Å²) in [6, 6.07) is 7.76. The molecule has 0 radical (unpaired) electrons. The first-order valence-electron chi connectivity index (χ1n) is 15.2. The summed E-state index contributed by atoms with van der Waals surface area (Å²) in [5.74, 6) is -1.41. The van der Waals surface area contributed by atoms with Gasteiger partial charge in [-0.05, 0) is 62.1 Å². The number of halogens is 4. The van der Waals surface area contributed by atoms with Crippen molar-refractivity contribution in [3.05, 3.63) is 41.8 Å². The highest BCUT2D eigenvalue weighted by Crippen LogP contribution is 2.36. The van der Waals surface area contributed by atoms with Gasteiger partial charge in [0.25, 0.3) is 5.95 Å². The second-order valence-corrected chi connectivity index (χ2v) is 11.6. The van der Waals surface area contributed by atoms with E-state index in [0.717, 1.165) is 55.7 Å².